The summed E-state index contributed by atoms with van der Waals surface area (Å²) >= 11 is 0. The second kappa shape index (κ2) is 22.3. The zero-order valence-corrected chi connectivity index (χ0v) is 56.3. The van der Waals surface area contributed by atoms with Gasteiger partial charge in [0.05, 0.1) is 33.4 Å². The van der Waals surface area contributed by atoms with Gasteiger partial charge in [-0.05, 0) is 171 Å². The van der Waals surface area contributed by atoms with Crippen LogP contribution in [0.5, 0.6) is 11.5 Å². The van der Waals surface area contributed by atoms with Crippen LogP contribution < -0.4 is 26.0 Å². The van der Waals surface area contributed by atoms with E-state index in [0.29, 0.717) is 0 Å². The average Bonchev–Trinajstić information content (AvgIpc) is 1.41. The smallest absolute Gasteiger partial charge is 0.256 e. The minimum atomic E-state index is -0.250. The third-order valence-electron chi connectivity index (χ3n) is 21.2. The predicted molar refractivity (Wildman–Crippen MR) is 421 cm³/mol. The quantitative estimate of drug-likeness (QED) is 0.112. The molecular formula is C94H70BN3O. The van der Waals surface area contributed by atoms with Crippen molar-refractivity contribution < 1.29 is 4.74 Å². The Morgan fingerprint density at radius 2 is 0.707 bits per heavy atom. The van der Waals surface area contributed by atoms with Gasteiger partial charge in [-0.25, -0.2) is 0 Å². The number of anilines is 3. The number of aromatic nitrogens is 2. The lowest BCUT2D eigenvalue weighted by Crippen LogP contribution is -2.59. The fourth-order valence-corrected chi connectivity index (χ4v) is 16.5. The monoisotopic (exact) mass is 1270 g/mol. The molecule has 0 unspecified atom stereocenters. The molecule has 2 aliphatic heterocycles. The Morgan fingerprint density at radius 3 is 1.22 bits per heavy atom. The van der Waals surface area contributed by atoms with Crippen LogP contribution in [0.15, 0.2) is 315 Å². The van der Waals surface area contributed by atoms with E-state index in [1.165, 1.54) is 87.4 Å². The van der Waals surface area contributed by atoms with Gasteiger partial charge in [-0.3, -0.25) is 0 Å². The summed E-state index contributed by atoms with van der Waals surface area (Å²) in [4.78, 5) is 2.65. The van der Waals surface area contributed by atoms with Crippen molar-refractivity contribution in [2.75, 3.05) is 4.90 Å². The zero-order valence-electron chi connectivity index (χ0n) is 56.3. The standard InChI is InChI=1S/C94H70BN3O/c1-93(2,3)65-44-49-83-77(54-65)78-55-66(94(4,5)6)45-50-84(78)96(83)67-46-48-80-87(57-67)99-88-58-68(97-81-41-25-23-35-69(81)70-36-24-26-42-82(70)97)56-86-91(88)95(80)79-47-43-63(90-73-39-21-19-37-71(73)89(62-33-17-10-18-34-62)72-38-20-22-40-74(72)90)53-85(79)98(86)92-75(60-29-13-8-14-30-60)51-64(59-27-11-7-12-28-59)52-76(92)61-31-15-9-16-32-61/h7-58H,1-6H3. The molecule has 0 N–H and O–H groups in total. The molecule has 0 amide bonds. The molecule has 2 aliphatic rings. The van der Waals surface area contributed by atoms with E-state index in [1.54, 1.807) is 0 Å². The van der Waals surface area contributed by atoms with Crippen LogP contribution in [0.4, 0.5) is 17.1 Å². The molecule has 19 rings (SSSR count). The van der Waals surface area contributed by atoms with Crippen LogP contribution >= 0.6 is 0 Å². The molecule has 4 nitrogen and oxygen atoms in total. The first-order valence-electron chi connectivity index (χ1n) is 34.8. The molecule has 2 aromatic heterocycles. The Bertz CT molecular complexity index is 5910. The maximum Gasteiger partial charge on any atom is 0.256 e. The first-order valence-corrected chi connectivity index (χ1v) is 34.8. The van der Waals surface area contributed by atoms with Crippen molar-refractivity contribution in [1.82, 2.24) is 9.13 Å². The van der Waals surface area contributed by atoms with Gasteiger partial charge in [0, 0.05) is 61.9 Å². The maximum atomic E-state index is 7.87. The van der Waals surface area contributed by atoms with Crippen LogP contribution in [-0.4, -0.2) is 15.8 Å². The molecule has 99 heavy (non-hydrogen) atoms. The van der Waals surface area contributed by atoms with Gasteiger partial charge in [0.2, 0.25) is 0 Å². The lowest BCUT2D eigenvalue weighted by atomic mass is 9.34. The van der Waals surface area contributed by atoms with E-state index in [2.05, 4.69) is 371 Å². The third kappa shape index (κ3) is 9.28. The lowest BCUT2D eigenvalue weighted by molar-refractivity contribution is 0.487. The summed E-state index contributed by atoms with van der Waals surface area (Å²) in [6, 6.07) is 118. The Balaban J connectivity index is 0.944. The second-order valence-electron chi connectivity index (χ2n) is 29.1. The molecule has 4 heterocycles. The number of rotatable bonds is 8. The van der Waals surface area contributed by atoms with Gasteiger partial charge in [-0.15, -0.1) is 0 Å². The summed E-state index contributed by atoms with van der Waals surface area (Å²) in [5, 5.41) is 9.74. The normalized spacial score (nSPS) is 12.8. The van der Waals surface area contributed by atoms with Crippen LogP contribution in [0.3, 0.4) is 0 Å². The predicted octanol–water partition coefficient (Wildman–Crippen LogP) is 23.5. The first-order chi connectivity index (χ1) is 48.4. The molecule has 0 saturated heterocycles. The molecule has 0 aliphatic carbocycles. The topological polar surface area (TPSA) is 22.3 Å². The van der Waals surface area contributed by atoms with E-state index in [1.807, 2.05) is 0 Å². The number of fused-ring (bicyclic) bond motifs is 12. The second-order valence-corrected chi connectivity index (χ2v) is 29.1. The summed E-state index contributed by atoms with van der Waals surface area (Å²) in [7, 11) is 0. The van der Waals surface area contributed by atoms with Crippen LogP contribution in [0, 0.1) is 0 Å². The lowest BCUT2D eigenvalue weighted by Gasteiger charge is -2.42. The van der Waals surface area contributed by atoms with Gasteiger partial charge in [0.1, 0.15) is 11.5 Å². The van der Waals surface area contributed by atoms with Crippen molar-refractivity contribution >= 4 is 105 Å². The van der Waals surface area contributed by atoms with Gasteiger partial charge in [-0.2, -0.15) is 0 Å². The van der Waals surface area contributed by atoms with Crippen LogP contribution in [0.1, 0.15) is 52.7 Å². The van der Waals surface area contributed by atoms with Crippen molar-refractivity contribution in [3.8, 4) is 78.5 Å². The highest BCUT2D eigenvalue weighted by Crippen LogP contribution is 2.53. The Labute approximate surface area is 578 Å². The highest BCUT2D eigenvalue weighted by molar-refractivity contribution is 6.99. The molecule has 0 radical (unpaired) electrons. The van der Waals surface area contributed by atoms with Crippen LogP contribution in [-0.2, 0) is 10.8 Å². The molecule has 0 bridgehead atoms. The maximum absolute atomic E-state index is 7.87. The van der Waals surface area contributed by atoms with Gasteiger partial charge in [-0.1, -0.05) is 278 Å². The largest absolute Gasteiger partial charge is 0.458 e. The molecule has 15 aromatic carbocycles. The molecule has 17 aromatic rings. The SMILES string of the molecule is CC(C)(C)c1ccc2c(c1)c1cc(C(C)(C)C)ccc1n2-c1ccc2c(c1)Oc1cc(-n3c4ccccc4c4ccccc43)cc3c1B2c1ccc(-c2c4ccccc4c(-c4ccccc4)c4ccccc24)cc1N3c1c(-c2ccccc2)cc(-c2ccccc2)cc1-c1ccccc1. The number of para-hydroxylation sites is 2. The van der Waals surface area contributed by atoms with Crippen molar-refractivity contribution in [1.29, 1.82) is 0 Å². The molecule has 0 atom stereocenters. The molecule has 0 fully saturated rings. The number of hydrogen-bond acceptors (Lipinski definition) is 2. The number of ether oxygens (including phenoxy) is 1. The summed E-state index contributed by atoms with van der Waals surface area (Å²) in [5.41, 5.74) is 27.4. The molecule has 0 saturated carbocycles. The van der Waals surface area contributed by atoms with E-state index < -0.39 is 0 Å². The van der Waals surface area contributed by atoms with Gasteiger partial charge < -0.3 is 18.8 Å². The molecule has 470 valence electrons. The summed E-state index contributed by atoms with van der Waals surface area (Å²) < 4.78 is 12.8. The van der Waals surface area contributed by atoms with Crippen molar-refractivity contribution in [2.24, 2.45) is 0 Å². The van der Waals surface area contributed by atoms with Gasteiger partial charge >= 0.3 is 0 Å². The van der Waals surface area contributed by atoms with E-state index in [9.17, 15) is 0 Å². The first kappa shape index (κ1) is 58.4. The molecular weight excluding hydrogens is 1200 g/mol. The van der Waals surface area contributed by atoms with E-state index >= 15 is 0 Å². The van der Waals surface area contributed by atoms with Crippen molar-refractivity contribution in [3.63, 3.8) is 0 Å². The van der Waals surface area contributed by atoms with Crippen molar-refractivity contribution in [2.45, 2.75) is 52.4 Å². The summed E-state index contributed by atoms with van der Waals surface area (Å²) in [5.74, 6) is 1.66. The fourth-order valence-electron chi connectivity index (χ4n) is 16.5. The number of hydrogen-bond donors (Lipinski definition) is 0. The van der Waals surface area contributed by atoms with Gasteiger partial charge in [0.25, 0.3) is 6.71 Å². The third-order valence-corrected chi connectivity index (χ3v) is 21.2. The number of benzene rings is 15. The summed E-state index contributed by atoms with van der Waals surface area (Å²) in [6.07, 6.45) is 0. The van der Waals surface area contributed by atoms with Crippen LogP contribution in [0.2, 0.25) is 0 Å². The van der Waals surface area contributed by atoms with Crippen LogP contribution in [0.25, 0.3) is 132 Å². The summed E-state index contributed by atoms with van der Waals surface area (Å²) in [6.45, 7) is 13.6. The molecule has 0 spiro atoms. The number of nitrogens with zero attached hydrogens (tertiary/aromatic N) is 3. The van der Waals surface area contributed by atoms with E-state index in [4.69, 9.17) is 4.74 Å². The highest BCUT2D eigenvalue weighted by Gasteiger charge is 2.44. The minimum absolute atomic E-state index is 0.0344. The zero-order chi connectivity index (χ0) is 66.4. The minimum Gasteiger partial charge on any atom is -0.458 e. The Hall–Kier alpha value is -11.9. The molecule has 5 heteroatoms. The highest BCUT2D eigenvalue weighted by atomic mass is 16.5. The van der Waals surface area contributed by atoms with E-state index in [-0.39, 0.29) is 17.5 Å². The fraction of sp³-hybridized carbons (Fsp3) is 0.0851. The van der Waals surface area contributed by atoms with E-state index in [0.717, 1.165) is 101 Å². The van der Waals surface area contributed by atoms with Gasteiger partial charge in [0.15, 0.2) is 0 Å². The average molecular weight is 1270 g/mol. The Morgan fingerprint density at radius 1 is 0.283 bits per heavy atom. The van der Waals surface area contributed by atoms with Crippen molar-refractivity contribution in [3.05, 3.63) is 327 Å². The Kier molecular flexibility index (Phi) is 13.2.